The van der Waals surface area contributed by atoms with Crippen molar-refractivity contribution in [2.45, 2.75) is 13.0 Å². The molecular formula is C13H21NO3. The van der Waals surface area contributed by atoms with Crippen molar-refractivity contribution in [2.75, 3.05) is 33.4 Å². The molecule has 0 fully saturated rings. The van der Waals surface area contributed by atoms with Crippen molar-refractivity contribution in [1.82, 2.24) is 5.32 Å². The molecule has 1 aromatic carbocycles. The smallest absolute Gasteiger partial charge is 0.122 e. The molecular weight excluding hydrogens is 218 g/mol. The summed E-state index contributed by atoms with van der Waals surface area (Å²) in [6.07, 6.45) is -0.508. The molecule has 0 aliphatic carbocycles. The highest BCUT2D eigenvalue weighted by Gasteiger charge is 2.05. The maximum Gasteiger partial charge on any atom is 0.122 e. The summed E-state index contributed by atoms with van der Waals surface area (Å²) < 4.78 is 10.4. The van der Waals surface area contributed by atoms with Gasteiger partial charge in [-0.15, -0.1) is 0 Å². The number of aryl methyl sites for hydroxylation is 1. The van der Waals surface area contributed by atoms with Gasteiger partial charge in [-0.3, -0.25) is 0 Å². The Morgan fingerprint density at radius 3 is 2.82 bits per heavy atom. The molecule has 1 unspecified atom stereocenters. The van der Waals surface area contributed by atoms with Crippen LogP contribution in [0.5, 0.6) is 5.75 Å². The minimum absolute atomic E-state index is 0.296. The summed E-state index contributed by atoms with van der Waals surface area (Å²) in [5, 5.41) is 12.8. The quantitative estimate of drug-likeness (QED) is 0.664. The summed E-state index contributed by atoms with van der Waals surface area (Å²) in [7, 11) is 1.65. The van der Waals surface area contributed by atoms with Gasteiger partial charge in [0.05, 0.1) is 6.61 Å². The Hall–Kier alpha value is -1.10. The largest absolute Gasteiger partial charge is 0.491 e. The fourth-order valence-corrected chi connectivity index (χ4v) is 1.41. The van der Waals surface area contributed by atoms with Gasteiger partial charge in [-0.1, -0.05) is 18.2 Å². The number of hydrogen-bond acceptors (Lipinski definition) is 4. The average Bonchev–Trinajstić information content (AvgIpc) is 2.34. The number of nitrogens with one attached hydrogen (secondary N) is 1. The Morgan fingerprint density at radius 2 is 2.12 bits per heavy atom. The van der Waals surface area contributed by atoms with Gasteiger partial charge < -0.3 is 19.9 Å². The minimum Gasteiger partial charge on any atom is -0.491 e. The third-order valence-corrected chi connectivity index (χ3v) is 2.39. The molecule has 1 atom stereocenters. The lowest BCUT2D eigenvalue weighted by atomic mass is 10.2. The van der Waals surface area contributed by atoms with Crippen LogP contribution in [0.1, 0.15) is 5.56 Å². The third kappa shape index (κ3) is 5.68. The third-order valence-electron chi connectivity index (χ3n) is 2.39. The predicted molar refractivity (Wildman–Crippen MR) is 67.4 cm³/mol. The molecule has 4 heteroatoms. The van der Waals surface area contributed by atoms with Gasteiger partial charge in [0.2, 0.25) is 0 Å². The van der Waals surface area contributed by atoms with Crippen LogP contribution >= 0.6 is 0 Å². The van der Waals surface area contributed by atoms with Crippen molar-refractivity contribution in [1.29, 1.82) is 0 Å². The predicted octanol–water partition coefficient (Wildman–Crippen LogP) is 0.971. The lowest BCUT2D eigenvalue weighted by Crippen LogP contribution is -2.33. The van der Waals surface area contributed by atoms with E-state index in [4.69, 9.17) is 9.47 Å². The molecule has 2 N–H and O–H groups in total. The summed E-state index contributed by atoms with van der Waals surface area (Å²) in [4.78, 5) is 0. The molecule has 0 aliphatic rings. The fraction of sp³-hybridized carbons (Fsp3) is 0.538. The van der Waals surface area contributed by atoms with Crippen molar-refractivity contribution in [3.05, 3.63) is 29.8 Å². The zero-order valence-electron chi connectivity index (χ0n) is 10.5. The van der Waals surface area contributed by atoms with E-state index in [0.717, 1.165) is 17.9 Å². The summed E-state index contributed by atoms with van der Waals surface area (Å²) >= 11 is 0. The second-order valence-electron chi connectivity index (χ2n) is 3.93. The van der Waals surface area contributed by atoms with E-state index in [1.54, 1.807) is 7.11 Å². The second kappa shape index (κ2) is 8.06. The number of methoxy groups -OCH3 is 1. The fourth-order valence-electron chi connectivity index (χ4n) is 1.41. The molecule has 1 rings (SSSR count). The first-order valence-electron chi connectivity index (χ1n) is 5.80. The van der Waals surface area contributed by atoms with Crippen molar-refractivity contribution >= 4 is 0 Å². The maximum atomic E-state index is 9.67. The number of hydrogen-bond donors (Lipinski definition) is 2. The Morgan fingerprint density at radius 1 is 1.35 bits per heavy atom. The zero-order chi connectivity index (χ0) is 12.5. The lowest BCUT2D eigenvalue weighted by molar-refractivity contribution is 0.103. The number of aliphatic hydroxyl groups is 1. The molecule has 1 aromatic rings. The second-order valence-corrected chi connectivity index (χ2v) is 3.93. The van der Waals surface area contributed by atoms with E-state index in [0.29, 0.717) is 19.8 Å². The van der Waals surface area contributed by atoms with E-state index >= 15 is 0 Å². The molecule has 0 amide bonds. The monoisotopic (exact) mass is 239 g/mol. The number of para-hydroxylation sites is 1. The van der Waals surface area contributed by atoms with E-state index in [1.165, 1.54) is 0 Å². The number of rotatable bonds is 8. The van der Waals surface area contributed by atoms with Crippen LogP contribution in [0.15, 0.2) is 24.3 Å². The molecule has 0 aliphatic heterocycles. The Labute approximate surface area is 103 Å². The van der Waals surface area contributed by atoms with Gasteiger partial charge in [0.1, 0.15) is 18.5 Å². The number of ether oxygens (including phenoxy) is 2. The van der Waals surface area contributed by atoms with Crippen molar-refractivity contribution in [2.24, 2.45) is 0 Å². The normalized spacial score (nSPS) is 12.4. The van der Waals surface area contributed by atoms with Gasteiger partial charge in [-0.2, -0.15) is 0 Å². The van der Waals surface area contributed by atoms with Gasteiger partial charge in [-0.25, -0.2) is 0 Å². The van der Waals surface area contributed by atoms with E-state index in [-0.39, 0.29) is 0 Å². The van der Waals surface area contributed by atoms with Crippen molar-refractivity contribution in [3.63, 3.8) is 0 Å². The highest BCUT2D eigenvalue weighted by molar-refractivity contribution is 5.31. The van der Waals surface area contributed by atoms with E-state index in [1.807, 2.05) is 31.2 Å². The Bertz CT molecular complexity index is 317. The zero-order valence-corrected chi connectivity index (χ0v) is 10.5. The first kappa shape index (κ1) is 14.0. The molecule has 0 aromatic heterocycles. The van der Waals surface area contributed by atoms with Crippen LogP contribution in [-0.2, 0) is 4.74 Å². The van der Waals surface area contributed by atoms with Gasteiger partial charge in [0.25, 0.3) is 0 Å². The highest BCUT2D eigenvalue weighted by atomic mass is 16.5. The van der Waals surface area contributed by atoms with Gasteiger partial charge in [0.15, 0.2) is 0 Å². The van der Waals surface area contributed by atoms with Crippen LogP contribution in [0.25, 0.3) is 0 Å². The topological polar surface area (TPSA) is 50.7 Å². The molecule has 0 spiro atoms. The van der Waals surface area contributed by atoms with Crippen LogP contribution in [0.3, 0.4) is 0 Å². The minimum atomic E-state index is -0.508. The highest BCUT2D eigenvalue weighted by Crippen LogP contribution is 2.15. The van der Waals surface area contributed by atoms with E-state index in [2.05, 4.69) is 5.32 Å². The molecule has 96 valence electrons. The van der Waals surface area contributed by atoms with Gasteiger partial charge in [0, 0.05) is 20.2 Å². The molecule has 17 heavy (non-hydrogen) atoms. The molecule has 0 radical (unpaired) electrons. The van der Waals surface area contributed by atoms with Crippen LogP contribution in [0.4, 0.5) is 0 Å². The SMILES string of the molecule is COCCNCC(O)COc1ccccc1C. The average molecular weight is 239 g/mol. The van der Waals surface area contributed by atoms with Gasteiger partial charge >= 0.3 is 0 Å². The van der Waals surface area contributed by atoms with Gasteiger partial charge in [-0.05, 0) is 18.6 Å². The van der Waals surface area contributed by atoms with Crippen LogP contribution in [-0.4, -0.2) is 44.6 Å². The molecule has 4 nitrogen and oxygen atoms in total. The molecule has 0 saturated carbocycles. The summed E-state index contributed by atoms with van der Waals surface area (Å²) in [5.74, 6) is 0.823. The first-order valence-corrected chi connectivity index (χ1v) is 5.80. The molecule has 0 bridgehead atoms. The first-order chi connectivity index (χ1) is 8.24. The summed E-state index contributed by atoms with van der Waals surface area (Å²) in [5.41, 5.74) is 1.08. The number of aliphatic hydroxyl groups excluding tert-OH is 1. The standard InChI is InChI=1S/C13H21NO3/c1-11-5-3-4-6-13(11)17-10-12(15)9-14-7-8-16-2/h3-6,12,14-15H,7-10H2,1-2H3. The van der Waals surface area contributed by atoms with Crippen molar-refractivity contribution < 1.29 is 14.6 Å². The van der Waals surface area contributed by atoms with E-state index < -0.39 is 6.10 Å². The van der Waals surface area contributed by atoms with E-state index in [9.17, 15) is 5.11 Å². The van der Waals surface area contributed by atoms with Crippen LogP contribution < -0.4 is 10.1 Å². The Balaban J connectivity index is 2.19. The Kier molecular flexibility index (Phi) is 6.62. The summed E-state index contributed by atoms with van der Waals surface area (Å²) in [6.45, 7) is 4.17. The molecule has 0 heterocycles. The number of benzene rings is 1. The lowest BCUT2D eigenvalue weighted by Gasteiger charge is -2.14. The summed E-state index contributed by atoms with van der Waals surface area (Å²) in [6, 6.07) is 7.77. The van der Waals surface area contributed by atoms with Crippen LogP contribution in [0.2, 0.25) is 0 Å². The molecule has 0 saturated heterocycles. The van der Waals surface area contributed by atoms with Crippen molar-refractivity contribution in [3.8, 4) is 5.75 Å². The van der Waals surface area contributed by atoms with Crippen LogP contribution in [0, 0.1) is 6.92 Å². The maximum absolute atomic E-state index is 9.67.